The van der Waals surface area contributed by atoms with E-state index in [2.05, 4.69) is 37.7 Å². The van der Waals surface area contributed by atoms with E-state index in [9.17, 15) is 10.1 Å². The highest BCUT2D eigenvalue weighted by Crippen LogP contribution is 2.27. The van der Waals surface area contributed by atoms with Gasteiger partial charge < -0.3 is 14.7 Å². The molecule has 3 saturated heterocycles. The smallest absolute Gasteiger partial charge is 0.227 e. The third kappa shape index (κ3) is 4.54. The van der Waals surface area contributed by atoms with Gasteiger partial charge in [0.25, 0.3) is 0 Å². The summed E-state index contributed by atoms with van der Waals surface area (Å²) in [6, 6.07) is 6.45. The number of piperazine rings is 1. The van der Waals surface area contributed by atoms with Crippen molar-refractivity contribution in [3.8, 4) is 6.07 Å². The first-order valence-corrected chi connectivity index (χ1v) is 11.0. The van der Waals surface area contributed by atoms with Crippen LogP contribution in [-0.4, -0.2) is 91.0 Å². The monoisotopic (exact) mass is 396 g/mol. The number of nitriles is 1. The molecule has 1 amide bonds. The van der Waals surface area contributed by atoms with Crippen molar-refractivity contribution >= 4 is 11.7 Å². The lowest BCUT2D eigenvalue weighted by Gasteiger charge is -2.43. The number of aromatic nitrogens is 1. The lowest BCUT2D eigenvalue weighted by Crippen LogP contribution is -2.54. The van der Waals surface area contributed by atoms with Gasteiger partial charge in [-0.2, -0.15) is 5.26 Å². The minimum absolute atomic E-state index is 0.158. The lowest BCUT2D eigenvalue weighted by molar-refractivity contribution is -0.139. The molecule has 1 aromatic rings. The summed E-state index contributed by atoms with van der Waals surface area (Å²) in [6.07, 6.45) is 6.04. The molecule has 0 aromatic carbocycles. The Labute approximate surface area is 173 Å². The average Bonchev–Trinajstić information content (AvgIpc) is 2.79. The molecule has 1 aromatic heterocycles. The number of amides is 1. The van der Waals surface area contributed by atoms with Gasteiger partial charge >= 0.3 is 0 Å². The van der Waals surface area contributed by atoms with Gasteiger partial charge in [-0.1, -0.05) is 0 Å². The maximum atomic E-state index is 13.0. The molecule has 0 aliphatic carbocycles. The summed E-state index contributed by atoms with van der Waals surface area (Å²) < 4.78 is 0. The molecule has 3 aliphatic rings. The molecule has 0 spiro atoms. The summed E-state index contributed by atoms with van der Waals surface area (Å²) in [5.41, 5.74) is 0.654. The highest BCUT2D eigenvalue weighted by molar-refractivity contribution is 5.79. The standard InChI is InChI=1S/C22H32N6O/c1-25-12-14-27(15-13-25)22(29)19-5-3-9-28(17-19)20-6-10-26(11-7-20)21-18(16-23)4-2-8-24-21/h2,4,8,19-20H,3,5-7,9-15,17H2,1H3/t19-/m1/s1. The van der Waals surface area contributed by atoms with Crippen LogP contribution in [0, 0.1) is 17.2 Å². The van der Waals surface area contributed by atoms with Crippen molar-refractivity contribution in [1.82, 2.24) is 19.7 Å². The number of likely N-dealkylation sites (tertiary alicyclic amines) is 1. The van der Waals surface area contributed by atoms with E-state index in [1.54, 1.807) is 6.20 Å². The second kappa shape index (κ2) is 9.10. The van der Waals surface area contributed by atoms with Crippen molar-refractivity contribution in [3.63, 3.8) is 0 Å². The van der Waals surface area contributed by atoms with E-state index in [0.717, 1.165) is 83.9 Å². The Hall–Kier alpha value is -2.17. The number of piperidine rings is 2. The van der Waals surface area contributed by atoms with E-state index in [-0.39, 0.29) is 5.92 Å². The largest absolute Gasteiger partial charge is 0.355 e. The normalized spacial score (nSPS) is 25.0. The van der Waals surface area contributed by atoms with E-state index in [0.29, 0.717) is 17.5 Å². The lowest BCUT2D eigenvalue weighted by atomic mass is 9.92. The summed E-state index contributed by atoms with van der Waals surface area (Å²) in [7, 11) is 2.13. The molecule has 156 valence electrons. The molecule has 7 nitrogen and oxygen atoms in total. The maximum absolute atomic E-state index is 13.0. The Balaban J connectivity index is 1.32. The molecule has 0 radical (unpaired) electrons. The van der Waals surface area contributed by atoms with E-state index >= 15 is 0 Å². The summed E-state index contributed by atoms with van der Waals surface area (Å²) in [5.74, 6) is 1.34. The first-order valence-electron chi connectivity index (χ1n) is 11.0. The summed E-state index contributed by atoms with van der Waals surface area (Å²) in [6.45, 7) is 7.56. The number of carbonyl (C=O) groups excluding carboxylic acids is 1. The Morgan fingerprint density at radius 2 is 1.86 bits per heavy atom. The van der Waals surface area contributed by atoms with Gasteiger partial charge in [0.2, 0.25) is 5.91 Å². The Kier molecular flexibility index (Phi) is 6.31. The van der Waals surface area contributed by atoms with Crippen LogP contribution in [0.4, 0.5) is 5.82 Å². The van der Waals surface area contributed by atoms with Gasteiger partial charge in [-0.25, -0.2) is 4.98 Å². The van der Waals surface area contributed by atoms with Crippen LogP contribution in [0.15, 0.2) is 18.3 Å². The summed E-state index contributed by atoms with van der Waals surface area (Å²) >= 11 is 0. The molecule has 1 atom stereocenters. The number of likely N-dealkylation sites (N-methyl/N-ethyl adjacent to an activating group) is 1. The summed E-state index contributed by atoms with van der Waals surface area (Å²) in [5, 5.41) is 9.34. The van der Waals surface area contributed by atoms with Crippen molar-refractivity contribution in [3.05, 3.63) is 23.9 Å². The molecule has 3 fully saturated rings. The van der Waals surface area contributed by atoms with Gasteiger partial charge in [0.05, 0.1) is 11.5 Å². The number of carbonyl (C=O) groups is 1. The maximum Gasteiger partial charge on any atom is 0.227 e. The number of nitrogens with zero attached hydrogens (tertiary/aromatic N) is 6. The minimum atomic E-state index is 0.158. The molecular formula is C22H32N6O. The van der Waals surface area contributed by atoms with Crippen LogP contribution in [-0.2, 0) is 4.79 Å². The van der Waals surface area contributed by atoms with E-state index in [4.69, 9.17) is 0 Å². The Morgan fingerprint density at radius 1 is 1.10 bits per heavy atom. The zero-order valence-electron chi connectivity index (χ0n) is 17.5. The molecule has 4 rings (SSSR count). The second-order valence-electron chi connectivity index (χ2n) is 8.67. The number of pyridine rings is 1. The second-order valence-corrected chi connectivity index (χ2v) is 8.67. The van der Waals surface area contributed by atoms with Crippen molar-refractivity contribution in [2.75, 3.05) is 64.3 Å². The number of hydrogen-bond donors (Lipinski definition) is 0. The molecular weight excluding hydrogens is 364 g/mol. The van der Waals surface area contributed by atoms with Gasteiger partial charge in [0.15, 0.2) is 0 Å². The topological polar surface area (TPSA) is 66.7 Å². The van der Waals surface area contributed by atoms with Gasteiger partial charge in [0, 0.05) is 58.1 Å². The molecule has 0 unspecified atom stereocenters. The van der Waals surface area contributed by atoms with Crippen LogP contribution in [0.2, 0.25) is 0 Å². The molecule has 4 heterocycles. The third-order valence-corrected chi connectivity index (χ3v) is 6.80. The van der Waals surface area contributed by atoms with Crippen molar-refractivity contribution in [2.45, 2.75) is 31.7 Å². The predicted molar refractivity (Wildman–Crippen MR) is 113 cm³/mol. The SMILES string of the molecule is CN1CCN(C(=O)[C@@H]2CCCN(C3CCN(c4ncccc4C#N)CC3)C2)CC1. The molecule has 0 bridgehead atoms. The Bertz CT molecular complexity index is 746. The van der Waals surface area contributed by atoms with Crippen molar-refractivity contribution < 1.29 is 4.79 Å². The molecule has 0 N–H and O–H groups in total. The van der Waals surface area contributed by atoms with Crippen LogP contribution >= 0.6 is 0 Å². The van der Waals surface area contributed by atoms with Crippen LogP contribution in [0.5, 0.6) is 0 Å². The fraction of sp³-hybridized carbons (Fsp3) is 0.682. The zero-order chi connectivity index (χ0) is 20.2. The summed E-state index contributed by atoms with van der Waals surface area (Å²) in [4.78, 5) is 26.6. The van der Waals surface area contributed by atoms with Crippen molar-refractivity contribution in [1.29, 1.82) is 5.26 Å². The number of rotatable bonds is 3. The van der Waals surface area contributed by atoms with Gasteiger partial charge in [-0.05, 0) is 51.4 Å². The van der Waals surface area contributed by atoms with E-state index < -0.39 is 0 Å². The van der Waals surface area contributed by atoms with Crippen LogP contribution in [0.3, 0.4) is 0 Å². The predicted octanol–water partition coefficient (Wildman–Crippen LogP) is 1.41. The molecule has 3 aliphatic heterocycles. The fourth-order valence-electron chi connectivity index (χ4n) is 5.00. The fourth-order valence-corrected chi connectivity index (χ4v) is 5.00. The third-order valence-electron chi connectivity index (χ3n) is 6.80. The van der Waals surface area contributed by atoms with E-state index in [1.165, 1.54) is 0 Å². The number of anilines is 1. The van der Waals surface area contributed by atoms with Gasteiger partial charge in [0.1, 0.15) is 11.9 Å². The van der Waals surface area contributed by atoms with Crippen LogP contribution in [0.1, 0.15) is 31.2 Å². The van der Waals surface area contributed by atoms with Crippen LogP contribution in [0.25, 0.3) is 0 Å². The first-order chi connectivity index (χ1) is 14.2. The highest BCUT2D eigenvalue weighted by atomic mass is 16.2. The minimum Gasteiger partial charge on any atom is -0.355 e. The average molecular weight is 397 g/mol. The number of hydrogen-bond acceptors (Lipinski definition) is 6. The Morgan fingerprint density at radius 3 is 2.59 bits per heavy atom. The molecule has 7 heteroatoms. The van der Waals surface area contributed by atoms with Gasteiger partial charge in [-0.3, -0.25) is 9.69 Å². The zero-order valence-corrected chi connectivity index (χ0v) is 17.5. The van der Waals surface area contributed by atoms with Gasteiger partial charge in [-0.15, -0.1) is 0 Å². The van der Waals surface area contributed by atoms with Crippen molar-refractivity contribution in [2.24, 2.45) is 5.92 Å². The van der Waals surface area contributed by atoms with Crippen LogP contribution < -0.4 is 4.90 Å². The first kappa shape index (κ1) is 20.1. The molecule has 0 saturated carbocycles. The highest BCUT2D eigenvalue weighted by Gasteiger charge is 2.34. The quantitative estimate of drug-likeness (QED) is 0.770. The molecule has 29 heavy (non-hydrogen) atoms. The van der Waals surface area contributed by atoms with E-state index in [1.807, 2.05) is 12.1 Å².